The number of hydrogen-bond donors (Lipinski definition) is 1. The molecule has 0 unspecified atom stereocenters. The number of hydrogen-bond acceptors (Lipinski definition) is 4. The zero-order valence-electron chi connectivity index (χ0n) is 18.1. The van der Waals surface area contributed by atoms with E-state index < -0.39 is 10.0 Å². The van der Waals surface area contributed by atoms with E-state index in [1.54, 1.807) is 29.1 Å². The number of pyridine rings is 1. The summed E-state index contributed by atoms with van der Waals surface area (Å²) in [5.41, 5.74) is 2.82. The van der Waals surface area contributed by atoms with Crippen molar-refractivity contribution in [2.45, 2.75) is 44.6 Å². The molecule has 4 rings (SSSR count). The van der Waals surface area contributed by atoms with E-state index in [1.807, 2.05) is 49.5 Å². The predicted octanol–water partition coefficient (Wildman–Crippen LogP) is 4.89. The molecule has 0 aliphatic carbocycles. The number of aryl methyl sites for hydroxylation is 1. The summed E-state index contributed by atoms with van der Waals surface area (Å²) in [6.45, 7) is 8.58. The first kappa shape index (κ1) is 21.1. The molecule has 7 heteroatoms. The highest BCUT2D eigenvalue weighted by Crippen LogP contribution is 2.25. The quantitative estimate of drug-likeness (QED) is 0.485. The summed E-state index contributed by atoms with van der Waals surface area (Å²) < 4.78 is 30.5. The van der Waals surface area contributed by atoms with Gasteiger partial charge in [0.1, 0.15) is 5.82 Å². The molecule has 0 aliphatic heterocycles. The molecule has 0 amide bonds. The van der Waals surface area contributed by atoms with Crippen LogP contribution in [0.15, 0.2) is 71.9 Å². The van der Waals surface area contributed by atoms with Gasteiger partial charge in [-0.2, -0.15) is 5.10 Å². The molecule has 6 nitrogen and oxygen atoms in total. The Kier molecular flexibility index (Phi) is 5.31. The number of rotatable bonds is 5. The first-order chi connectivity index (χ1) is 14.6. The Labute approximate surface area is 183 Å². The molecule has 1 N–H and O–H groups in total. The van der Waals surface area contributed by atoms with Gasteiger partial charge in [-0.15, -0.1) is 0 Å². The molecule has 0 saturated heterocycles. The van der Waals surface area contributed by atoms with Gasteiger partial charge in [0.2, 0.25) is 0 Å². The predicted molar refractivity (Wildman–Crippen MR) is 124 cm³/mol. The molecule has 31 heavy (non-hydrogen) atoms. The van der Waals surface area contributed by atoms with Crippen LogP contribution in [0.1, 0.15) is 37.6 Å². The number of fused-ring (bicyclic) bond motifs is 1. The maximum Gasteiger partial charge on any atom is 0.263 e. The van der Waals surface area contributed by atoms with E-state index in [1.165, 1.54) is 0 Å². The zero-order chi connectivity index (χ0) is 22.2. The molecule has 0 radical (unpaired) electrons. The van der Waals surface area contributed by atoms with Gasteiger partial charge in [0.05, 0.1) is 17.1 Å². The first-order valence-corrected chi connectivity index (χ1v) is 11.6. The Morgan fingerprint density at radius 2 is 1.77 bits per heavy atom. The van der Waals surface area contributed by atoms with E-state index in [9.17, 15) is 8.42 Å². The van der Waals surface area contributed by atoms with Gasteiger partial charge in [0, 0.05) is 23.8 Å². The molecule has 2 aromatic carbocycles. The first-order valence-electron chi connectivity index (χ1n) is 10.1. The summed E-state index contributed by atoms with van der Waals surface area (Å²) in [5, 5.41) is 6.61. The minimum Gasteiger partial charge on any atom is -0.264 e. The Hall–Kier alpha value is -3.19. The van der Waals surface area contributed by atoms with Crippen molar-refractivity contribution < 1.29 is 8.42 Å². The smallest absolute Gasteiger partial charge is 0.263 e. The van der Waals surface area contributed by atoms with Crippen LogP contribution in [0.5, 0.6) is 0 Å². The van der Waals surface area contributed by atoms with Crippen molar-refractivity contribution in [3.63, 3.8) is 0 Å². The number of nitrogens with zero attached hydrogens (tertiary/aromatic N) is 3. The standard InChI is InChI=1S/C24H26N4O2S/c1-17-14-23(27-31(29,30)21-10-8-20(9-11-21)24(2,3)4)28(26-17)16-19-7-5-6-18-15-25-13-12-22(18)19/h5-15,27H,16H2,1-4H3. The van der Waals surface area contributed by atoms with E-state index in [2.05, 4.69) is 35.6 Å². The van der Waals surface area contributed by atoms with Crippen LogP contribution < -0.4 is 4.72 Å². The minimum atomic E-state index is -3.74. The van der Waals surface area contributed by atoms with Gasteiger partial charge in [-0.25, -0.2) is 13.1 Å². The normalized spacial score (nSPS) is 12.3. The topological polar surface area (TPSA) is 76.9 Å². The summed E-state index contributed by atoms with van der Waals surface area (Å²) in [5.74, 6) is 0.434. The molecule has 2 aromatic heterocycles. The summed E-state index contributed by atoms with van der Waals surface area (Å²) in [4.78, 5) is 4.40. The number of anilines is 1. The molecule has 0 aliphatic rings. The van der Waals surface area contributed by atoms with E-state index in [0.717, 1.165) is 27.6 Å². The van der Waals surface area contributed by atoms with Gasteiger partial charge in [-0.05, 0) is 47.1 Å². The number of sulfonamides is 1. The lowest BCUT2D eigenvalue weighted by Gasteiger charge is -2.19. The molecular weight excluding hydrogens is 408 g/mol. The largest absolute Gasteiger partial charge is 0.264 e. The second kappa shape index (κ2) is 7.81. The fourth-order valence-electron chi connectivity index (χ4n) is 3.57. The van der Waals surface area contributed by atoms with Crippen LogP contribution >= 0.6 is 0 Å². The van der Waals surface area contributed by atoms with Crippen molar-refractivity contribution in [1.29, 1.82) is 0 Å². The third-order valence-electron chi connectivity index (χ3n) is 5.26. The highest BCUT2D eigenvalue weighted by molar-refractivity contribution is 7.92. The molecule has 2 heterocycles. The van der Waals surface area contributed by atoms with Crippen LogP contribution in [0.4, 0.5) is 5.82 Å². The molecule has 160 valence electrons. The van der Waals surface area contributed by atoms with E-state index >= 15 is 0 Å². The lowest BCUT2D eigenvalue weighted by Crippen LogP contribution is -2.17. The maximum atomic E-state index is 13.0. The van der Waals surface area contributed by atoms with E-state index in [0.29, 0.717) is 12.4 Å². The van der Waals surface area contributed by atoms with Crippen LogP contribution in [0, 0.1) is 6.92 Å². The molecule has 4 aromatic rings. The lowest BCUT2D eigenvalue weighted by molar-refractivity contribution is 0.587. The van der Waals surface area contributed by atoms with Crippen molar-refractivity contribution in [1.82, 2.24) is 14.8 Å². The summed E-state index contributed by atoms with van der Waals surface area (Å²) >= 11 is 0. The van der Waals surface area contributed by atoms with Gasteiger partial charge in [-0.1, -0.05) is 51.1 Å². The molecule has 0 spiro atoms. The maximum absolute atomic E-state index is 13.0. The van der Waals surface area contributed by atoms with E-state index in [4.69, 9.17) is 0 Å². The summed E-state index contributed by atoms with van der Waals surface area (Å²) in [6.07, 6.45) is 3.57. The van der Waals surface area contributed by atoms with Crippen LogP contribution in [0.2, 0.25) is 0 Å². The second-order valence-electron chi connectivity index (χ2n) is 8.72. The third-order valence-corrected chi connectivity index (χ3v) is 6.63. The lowest BCUT2D eigenvalue weighted by atomic mass is 9.87. The van der Waals surface area contributed by atoms with Crippen molar-refractivity contribution in [3.05, 3.63) is 83.8 Å². The molecule has 0 fully saturated rings. The Bertz CT molecular complexity index is 1330. The van der Waals surface area contributed by atoms with Gasteiger partial charge in [-0.3, -0.25) is 9.71 Å². The van der Waals surface area contributed by atoms with Gasteiger partial charge in [0.25, 0.3) is 10.0 Å². The van der Waals surface area contributed by atoms with Crippen LogP contribution in [0.25, 0.3) is 10.8 Å². The van der Waals surface area contributed by atoms with Crippen LogP contribution in [0.3, 0.4) is 0 Å². The summed E-state index contributed by atoms with van der Waals surface area (Å²) in [7, 11) is -3.74. The third kappa shape index (κ3) is 4.46. The van der Waals surface area contributed by atoms with Crippen LogP contribution in [-0.2, 0) is 22.0 Å². The van der Waals surface area contributed by atoms with Crippen LogP contribution in [-0.4, -0.2) is 23.2 Å². The zero-order valence-corrected chi connectivity index (χ0v) is 18.9. The van der Waals surface area contributed by atoms with Gasteiger partial charge < -0.3 is 0 Å². The average Bonchev–Trinajstić information content (AvgIpc) is 3.05. The number of aromatic nitrogens is 3. The average molecular weight is 435 g/mol. The fourth-order valence-corrected chi connectivity index (χ4v) is 4.62. The van der Waals surface area contributed by atoms with Crippen molar-refractivity contribution in [2.24, 2.45) is 0 Å². The Morgan fingerprint density at radius 1 is 1.03 bits per heavy atom. The molecule has 0 saturated carbocycles. The van der Waals surface area contributed by atoms with Gasteiger partial charge in [0.15, 0.2) is 0 Å². The highest BCUT2D eigenvalue weighted by atomic mass is 32.2. The molecular formula is C24H26N4O2S. The monoisotopic (exact) mass is 434 g/mol. The molecule has 0 bridgehead atoms. The highest BCUT2D eigenvalue weighted by Gasteiger charge is 2.20. The van der Waals surface area contributed by atoms with Crippen molar-refractivity contribution in [2.75, 3.05) is 4.72 Å². The Balaban J connectivity index is 1.64. The Morgan fingerprint density at radius 3 is 2.48 bits per heavy atom. The minimum absolute atomic E-state index is 0.0422. The van der Waals surface area contributed by atoms with Crippen molar-refractivity contribution in [3.8, 4) is 0 Å². The second-order valence-corrected chi connectivity index (χ2v) is 10.4. The summed E-state index contributed by atoms with van der Waals surface area (Å²) in [6, 6.07) is 16.7. The number of nitrogens with one attached hydrogen (secondary N) is 1. The van der Waals surface area contributed by atoms with E-state index in [-0.39, 0.29) is 10.3 Å². The fraction of sp³-hybridized carbons (Fsp3) is 0.250. The SMILES string of the molecule is Cc1cc(NS(=O)(=O)c2ccc(C(C)(C)C)cc2)n(Cc2cccc3cnccc23)n1. The van der Waals surface area contributed by atoms with Gasteiger partial charge >= 0.3 is 0 Å². The van der Waals surface area contributed by atoms with Crippen molar-refractivity contribution >= 4 is 26.6 Å². The molecule has 0 atom stereocenters. The number of benzene rings is 2.